The number of aromatic nitrogens is 2. The Bertz CT molecular complexity index is 860. The molecule has 29 heavy (non-hydrogen) atoms. The van der Waals surface area contributed by atoms with E-state index >= 15 is 0 Å². The van der Waals surface area contributed by atoms with Crippen LogP contribution in [0.4, 0.5) is 0 Å². The van der Waals surface area contributed by atoms with Crippen molar-refractivity contribution in [2.24, 2.45) is 5.92 Å². The maximum absolute atomic E-state index is 13.4. The van der Waals surface area contributed by atoms with Gasteiger partial charge in [-0.1, -0.05) is 35.5 Å². The molecule has 3 heterocycles. The molecule has 4 rings (SSSR count). The lowest BCUT2D eigenvalue weighted by atomic mass is 9.83. The van der Waals surface area contributed by atoms with Crippen molar-refractivity contribution in [1.29, 1.82) is 0 Å². The third-order valence-electron chi connectivity index (χ3n) is 5.93. The first-order chi connectivity index (χ1) is 14.0. The Balaban J connectivity index is 1.42. The van der Waals surface area contributed by atoms with Gasteiger partial charge in [-0.05, 0) is 18.9 Å². The smallest absolute Gasteiger partial charge is 0.240 e. The highest BCUT2D eigenvalue weighted by Gasteiger charge is 2.41. The van der Waals surface area contributed by atoms with Crippen LogP contribution in [0.1, 0.15) is 36.2 Å². The number of hydrogen-bond donors (Lipinski definition) is 0. The summed E-state index contributed by atoms with van der Waals surface area (Å²) in [5, 5.41) is 3.83. The van der Waals surface area contributed by atoms with Gasteiger partial charge in [-0.2, -0.15) is 4.98 Å². The van der Waals surface area contributed by atoms with Crippen molar-refractivity contribution in [3.63, 3.8) is 0 Å². The molecular formula is C21H27N5O3. The molecule has 154 valence electrons. The van der Waals surface area contributed by atoms with E-state index in [1.54, 1.807) is 11.8 Å². The van der Waals surface area contributed by atoms with Crippen LogP contribution >= 0.6 is 0 Å². The minimum absolute atomic E-state index is 0.0996. The average molecular weight is 397 g/mol. The Morgan fingerprint density at radius 3 is 2.55 bits per heavy atom. The highest BCUT2D eigenvalue weighted by Crippen LogP contribution is 2.37. The quantitative estimate of drug-likeness (QED) is 0.780. The van der Waals surface area contributed by atoms with Gasteiger partial charge in [-0.15, -0.1) is 0 Å². The molecule has 2 saturated heterocycles. The SMILES string of the molecule is Cc1noc(CN2CCN(C(=O)[C@@H]3CCC(=O)N(C)[C@H]3c3ccccc3)CC2)n1. The van der Waals surface area contributed by atoms with Crippen molar-refractivity contribution < 1.29 is 14.1 Å². The largest absolute Gasteiger partial charge is 0.340 e. The van der Waals surface area contributed by atoms with Crippen molar-refractivity contribution in [2.75, 3.05) is 33.2 Å². The van der Waals surface area contributed by atoms with Crippen molar-refractivity contribution in [2.45, 2.75) is 32.4 Å². The summed E-state index contributed by atoms with van der Waals surface area (Å²) in [5.41, 5.74) is 1.02. The van der Waals surface area contributed by atoms with Gasteiger partial charge in [-0.25, -0.2) is 0 Å². The van der Waals surface area contributed by atoms with Crippen LogP contribution in [0.2, 0.25) is 0 Å². The summed E-state index contributed by atoms with van der Waals surface area (Å²) in [6.45, 7) is 5.29. The molecule has 2 amide bonds. The summed E-state index contributed by atoms with van der Waals surface area (Å²) in [5.74, 6) is 1.29. The minimum atomic E-state index is -0.204. The van der Waals surface area contributed by atoms with E-state index in [0.29, 0.717) is 44.2 Å². The van der Waals surface area contributed by atoms with Gasteiger partial charge in [0.1, 0.15) is 0 Å². The van der Waals surface area contributed by atoms with Crippen molar-refractivity contribution in [3.8, 4) is 0 Å². The summed E-state index contributed by atoms with van der Waals surface area (Å²) < 4.78 is 5.20. The molecule has 8 nitrogen and oxygen atoms in total. The predicted octanol–water partition coefficient (Wildman–Crippen LogP) is 1.63. The first-order valence-electron chi connectivity index (χ1n) is 10.1. The Kier molecular flexibility index (Phi) is 5.62. The van der Waals surface area contributed by atoms with Crippen molar-refractivity contribution in [3.05, 3.63) is 47.6 Å². The molecule has 2 aliphatic rings. The van der Waals surface area contributed by atoms with Crippen LogP contribution in [-0.4, -0.2) is 69.9 Å². The number of piperazine rings is 1. The molecule has 0 spiro atoms. The minimum Gasteiger partial charge on any atom is -0.340 e. The van der Waals surface area contributed by atoms with Crippen LogP contribution in [0.15, 0.2) is 34.9 Å². The summed E-state index contributed by atoms with van der Waals surface area (Å²) >= 11 is 0. The summed E-state index contributed by atoms with van der Waals surface area (Å²) in [6.07, 6.45) is 1.02. The monoisotopic (exact) mass is 397 g/mol. The molecule has 1 aromatic heterocycles. The lowest BCUT2D eigenvalue weighted by Gasteiger charge is -2.42. The van der Waals surface area contributed by atoms with Crippen LogP contribution in [-0.2, 0) is 16.1 Å². The van der Waals surface area contributed by atoms with Gasteiger partial charge in [0.2, 0.25) is 17.7 Å². The Morgan fingerprint density at radius 1 is 1.17 bits per heavy atom. The zero-order chi connectivity index (χ0) is 20.4. The van der Waals surface area contributed by atoms with E-state index in [-0.39, 0.29) is 23.8 Å². The summed E-state index contributed by atoms with van der Waals surface area (Å²) in [4.78, 5) is 35.9. The fourth-order valence-corrected chi connectivity index (χ4v) is 4.36. The number of rotatable bonds is 4. The van der Waals surface area contributed by atoms with Gasteiger partial charge in [0.15, 0.2) is 5.82 Å². The van der Waals surface area contributed by atoms with E-state index in [9.17, 15) is 9.59 Å². The second-order valence-electron chi connectivity index (χ2n) is 7.84. The molecule has 0 aliphatic carbocycles. The normalized spacial score (nSPS) is 23.4. The molecular weight excluding hydrogens is 370 g/mol. The number of carbonyl (C=O) groups excluding carboxylic acids is 2. The third-order valence-corrected chi connectivity index (χ3v) is 5.93. The fourth-order valence-electron chi connectivity index (χ4n) is 4.36. The second kappa shape index (κ2) is 8.32. The molecule has 2 atom stereocenters. The number of benzene rings is 1. The summed E-state index contributed by atoms with van der Waals surface area (Å²) in [6, 6.07) is 9.68. The van der Waals surface area contributed by atoms with Crippen molar-refractivity contribution in [1.82, 2.24) is 24.8 Å². The Hall–Kier alpha value is -2.74. The molecule has 2 aromatic rings. The molecule has 0 radical (unpaired) electrons. The predicted molar refractivity (Wildman–Crippen MR) is 106 cm³/mol. The van der Waals surface area contributed by atoms with Gasteiger partial charge in [0.25, 0.3) is 0 Å². The second-order valence-corrected chi connectivity index (χ2v) is 7.84. The molecule has 2 aliphatic heterocycles. The van der Waals surface area contributed by atoms with Gasteiger partial charge in [-0.3, -0.25) is 14.5 Å². The van der Waals surface area contributed by atoms with Gasteiger partial charge in [0, 0.05) is 39.6 Å². The number of piperidine rings is 1. The number of hydrogen-bond acceptors (Lipinski definition) is 6. The van der Waals surface area contributed by atoms with Crippen molar-refractivity contribution >= 4 is 11.8 Å². The third kappa shape index (κ3) is 4.17. The molecule has 0 unspecified atom stereocenters. The van der Waals surface area contributed by atoms with Crippen LogP contribution in [0.5, 0.6) is 0 Å². The lowest BCUT2D eigenvalue weighted by molar-refractivity contribution is -0.147. The molecule has 8 heteroatoms. The van der Waals surface area contributed by atoms with Crippen LogP contribution < -0.4 is 0 Å². The number of likely N-dealkylation sites (tertiary alicyclic amines) is 1. The first kappa shape index (κ1) is 19.6. The van der Waals surface area contributed by atoms with Crippen LogP contribution in [0.25, 0.3) is 0 Å². The lowest BCUT2D eigenvalue weighted by Crippen LogP contribution is -2.53. The van der Waals surface area contributed by atoms with E-state index in [4.69, 9.17) is 4.52 Å². The number of aryl methyl sites for hydroxylation is 1. The Labute approximate surface area is 170 Å². The van der Waals surface area contributed by atoms with E-state index in [0.717, 1.165) is 18.7 Å². The maximum Gasteiger partial charge on any atom is 0.240 e. The topological polar surface area (TPSA) is 82.8 Å². The molecule has 0 saturated carbocycles. The number of nitrogens with zero attached hydrogens (tertiary/aromatic N) is 5. The average Bonchev–Trinajstić information content (AvgIpc) is 3.15. The van der Waals surface area contributed by atoms with Gasteiger partial charge in [0.05, 0.1) is 18.5 Å². The summed E-state index contributed by atoms with van der Waals surface area (Å²) in [7, 11) is 1.81. The zero-order valence-corrected chi connectivity index (χ0v) is 17.0. The van der Waals surface area contributed by atoms with E-state index in [1.807, 2.05) is 42.3 Å². The highest BCUT2D eigenvalue weighted by molar-refractivity contribution is 5.85. The van der Waals surface area contributed by atoms with E-state index in [1.165, 1.54) is 0 Å². The first-order valence-corrected chi connectivity index (χ1v) is 10.1. The zero-order valence-electron chi connectivity index (χ0n) is 17.0. The van der Waals surface area contributed by atoms with Gasteiger partial charge >= 0.3 is 0 Å². The molecule has 0 N–H and O–H groups in total. The maximum atomic E-state index is 13.4. The standard InChI is InChI=1S/C21H27N5O3/c1-15-22-18(29-23-15)14-25-10-12-26(13-11-25)21(28)17-8-9-19(27)24(2)20(17)16-6-4-3-5-7-16/h3-7,17,20H,8-14H2,1-2H3/t17-,20+/m1/s1. The molecule has 1 aromatic carbocycles. The number of amides is 2. The van der Waals surface area contributed by atoms with E-state index < -0.39 is 0 Å². The van der Waals surface area contributed by atoms with Crippen LogP contribution in [0, 0.1) is 12.8 Å². The van der Waals surface area contributed by atoms with Gasteiger partial charge < -0.3 is 14.3 Å². The van der Waals surface area contributed by atoms with E-state index in [2.05, 4.69) is 15.0 Å². The van der Waals surface area contributed by atoms with Crippen LogP contribution in [0.3, 0.4) is 0 Å². The highest BCUT2D eigenvalue weighted by atomic mass is 16.5. The molecule has 2 fully saturated rings. The molecule has 0 bridgehead atoms. The number of carbonyl (C=O) groups is 2. The fraction of sp³-hybridized carbons (Fsp3) is 0.524. The Morgan fingerprint density at radius 2 is 1.90 bits per heavy atom.